The Hall–Kier alpha value is -1.64. The van der Waals surface area contributed by atoms with E-state index in [4.69, 9.17) is 24.8 Å². The van der Waals surface area contributed by atoms with E-state index in [0.717, 1.165) is 13.0 Å². The third-order valence-corrected chi connectivity index (χ3v) is 5.47. The Balaban J connectivity index is 1.70. The first-order chi connectivity index (χ1) is 21.9. The summed E-state index contributed by atoms with van der Waals surface area (Å²) in [5.41, 5.74) is -4.59. The number of benzene rings is 1. The molecular weight excluding hydrogens is 412 g/mol. The van der Waals surface area contributed by atoms with Crippen molar-refractivity contribution in [2.75, 3.05) is 55.2 Å². The Labute approximate surface area is 213 Å². The van der Waals surface area contributed by atoms with Crippen LogP contribution >= 0.6 is 0 Å². The van der Waals surface area contributed by atoms with Crippen LogP contribution in [0.25, 0.3) is 0 Å². The van der Waals surface area contributed by atoms with E-state index in [-0.39, 0.29) is 47.1 Å². The van der Waals surface area contributed by atoms with Crippen molar-refractivity contribution < 1.29 is 38.0 Å². The molecule has 2 aliphatic rings. The quantitative estimate of drug-likeness (QED) is 0.516. The van der Waals surface area contributed by atoms with Crippen molar-refractivity contribution in [2.24, 2.45) is 5.89 Å². The van der Waals surface area contributed by atoms with Crippen LogP contribution in [0.4, 0.5) is 11.4 Å². The molecule has 0 bridgehead atoms. The lowest BCUT2D eigenvalue weighted by atomic mass is 9.91. The van der Waals surface area contributed by atoms with Gasteiger partial charge in [-0.2, -0.15) is 0 Å². The second-order valence-electron chi connectivity index (χ2n) is 6.85. The molecule has 7 nitrogen and oxygen atoms in total. The van der Waals surface area contributed by atoms with E-state index in [0.29, 0.717) is 38.0 Å². The number of sulfonamides is 1. The summed E-state index contributed by atoms with van der Waals surface area (Å²) in [6.45, 7) is 2.11. The minimum Gasteiger partial charge on any atom is -0.369 e. The van der Waals surface area contributed by atoms with E-state index in [1.54, 1.807) is 4.90 Å². The zero-order chi connectivity index (χ0) is 38.1. The van der Waals surface area contributed by atoms with Crippen molar-refractivity contribution in [1.29, 1.82) is 0 Å². The number of anilines is 2. The van der Waals surface area contributed by atoms with Gasteiger partial charge in [-0.15, -0.1) is 0 Å². The molecule has 1 amide bonds. The summed E-state index contributed by atoms with van der Waals surface area (Å²) in [6, 6.07) is 0.379. The first kappa shape index (κ1) is 9.69. The Morgan fingerprint density at radius 2 is 2.00 bits per heavy atom. The smallest absolute Gasteiger partial charge is 0.221 e. The summed E-state index contributed by atoms with van der Waals surface area (Å²) in [6.07, 6.45) is -20.6. The lowest BCUT2D eigenvalue weighted by Gasteiger charge is -2.36. The van der Waals surface area contributed by atoms with Crippen LogP contribution < -0.4 is 14.9 Å². The van der Waals surface area contributed by atoms with Crippen LogP contribution in [0.15, 0.2) is 24.2 Å². The van der Waals surface area contributed by atoms with Gasteiger partial charge in [0, 0.05) is 68.8 Å². The first-order valence-corrected chi connectivity index (χ1v) is 11.3. The summed E-state index contributed by atoms with van der Waals surface area (Å²) in [5.74, 6) is -5.16. The highest BCUT2D eigenvalue weighted by Crippen LogP contribution is 2.24. The van der Waals surface area contributed by atoms with Gasteiger partial charge in [-0.05, 0) is 56.2 Å². The lowest BCUT2D eigenvalue weighted by molar-refractivity contribution is -0.114. The average Bonchev–Trinajstić information content (AvgIpc) is 2.97. The second-order valence-corrected chi connectivity index (χ2v) is 8.26. The number of nitrogens with zero attached hydrogens (tertiary/aromatic N) is 2. The molecule has 1 aromatic carbocycles. The molecule has 8 heteroatoms. The minimum absolute atomic E-state index is 0.0829. The van der Waals surface area contributed by atoms with Crippen molar-refractivity contribution in [3.05, 3.63) is 24.2 Å². The van der Waals surface area contributed by atoms with Crippen LogP contribution in [0.5, 0.6) is 0 Å². The highest BCUT2D eigenvalue weighted by Gasteiger charge is 2.21. The molecule has 1 aliphatic carbocycles. The van der Waals surface area contributed by atoms with Crippen LogP contribution in [0.2, 0.25) is 2.82 Å². The van der Waals surface area contributed by atoms with Crippen LogP contribution in [0, 0.1) is 5.89 Å². The highest BCUT2D eigenvalue weighted by atomic mass is 32.2. The van der Waals surface area contributed by atoms with Crippen LogP contribution in [0.1, 0.15) is 73.6 Å². The molecule has 1 saturated heterocycles. The van der Waals surface area contributed by atoms with Gasteiger partial charge in [0.1, 0.15) is 1.41 Å². The van der Waals surface area contributed by atoms with Crippen LogP contribution in [-0.2, 0) is 14.8 Å². The molecule has 0 unspecified atom stereocenters. The summed E-state index contributed by atoms with van der Waals surface area (Å²) < 4.78 is 173. The Bertz CT molecular complexity index is 1520. The molecule has 3 rings (SSSR count). The Morgan fingerprint density at radius 3 is 2.71 bits per heavy atom. The average molecular weight is 469 g/mol. The molecule has 0 atom stereocenters. The molecule has 1 heterocycles. The Kier molecular flexibility index (Phi) is 3.70. The number of unbranched alkanes of at least 4 members (excludes halogenated alkanes) is 1. The van der Waals surface area contributed by atoms with Gasteiger partial charge in [0.15, 0.2) is 1.41 Å². The zero-order valence-corrected chi connectivity index (χ0v) is 18.0. The van der Waals surface area contributed by atoms with Crippen LogP contribution in [-0.4, -0.2) is 64.2 Å². The summed E-state index contributed by atoms with van der Waals surface area (Å²) in [7, 11) is -5.84. The molecular formula is C23H38N4O3S. The van der Waals surface area contributed by atoms with Crippen molar-refractivity contribution in [1.82, 2.24) is 9.62 Å². The predicted molar refractivity (Wildman–Crippen MR) is 127 cm³/mol. The molecule has 0 radical (unpaired) electrons. The third-order valence-electron chi connectivity index (χ3n) is 4.49. The van der Waals surface area contributed by atoms with E-state index >= 15 is 0 Å². The molecule has 174 valence electrons. The maximum absolute atomic E-state index is 13.3. The molecule has 31 heavy (non-hydrogen) atoms. The molecule has 2 N–H and O–H groups in total. The molecule has 0 spiro atoms. The van der Waals surface area contributed by atoms with Crippen molar-refractivity contribution in [2.45, 2.75) is 51.6 Å². The first-order valence-electron chi connectivity index (χ1n) is 18.7. The number of carbonyl (C=O) groups excluding carboxylic acids is 1. The molecule has 1 aromatic rings. The van der Waals surface area contributed by atoms with Crippen molar-refractivity contribution in [3.8, 4) is 0 Å². The van der Waals surface area contributed by atoms with Gasteiger partial charge in [0.2, 0.25) is 15.9 Å². The van der Waals surface area contributed by atoms with Gasteiger partial charge in [0.05, 0.1) is 9.82 Å². The maximum atomic E-state index is 13.3. The topological polar surface area (TPSA) is 81.8 Å². The SMILES string of the molecule is [2H]c1cc([2H])c(N([2H])C(C)=O)c([2H])c1N1CCN(CCCCN([2H])S(=O)(=O)C([2H])([2H])C2([2H])C([2H])([2H])C([2H])([2H])C([2H])([2H])C([2H])([2H])C2([2H])[2H])CC1. The molecule has 2 fully saturated rings. The number of hydrogen-bond acceptors (Lipinski definition) is 5. The number of nitrogens with one attached hydrogen (secondary N) is 2. The number of carbonyl (C=O) groups is 1. The molecule has 0 aromatic heterocycles. The summed E-state index contributed by atoms with van der Waals surface area (Å²) in [5, 5.41) is 0.423. The van der Waals surface area contributed by atoms with Gasteiger partial charge >= 0.3 is 0 Å². The summed E-state index contributed by atoms with van der Waals surface area (Å²) >= 11 is 0. The zero-order valence-electron chi connectivity index (χ0n) is 35.2. The maximum Gasteiger partial charge on any atom is 0.221 e. The van der Waals surface area contributed by atoms with Gasteiger partial charge in [0.25, 0.3) is 0 Å². The highest BCUT2D eigenvalue weighted by molar-refractivity contribution is 7.89. The van der Waals surface area contributed by atoms with E-state index in [2.05, 4.69) is 0 Å². The fourth-order valence-electron chi connectivity index (χ4n) is 3.03. The normalized spacial score (nSPS) is 37.0. The van der Waals surface area contributed by atoms with Gasteiger partial charge in [-0.25, -0.2) is 13.1 Å². The van der Waals surface area contributed by atoms with Gasteiger partial charge in [-0.3, -0.25) is 9.69 Å². The van der Waals surface area contributed by atoms with Gasteiger partial charge in [-0.1, -0.05) is 25.2 Å². The Morgan fingerprint density at radius 1 is 1.26 bits per heavy atom. The fraction of sp³-hybridized carbons (Fsp3) is 0.696. The third kappa shape index (κ3) is 8.43. The standard InChI is InChI=1S/C23H38N4O3S/c1-20(28)25-22-10-7-11-23(18-22)27-16-14-26(15-17-27)13-6-5-12-24-31(29,30)19-21-8-3-2-4-9-21/h7,10-11,18,21,24H,2-6,8-9,12-17,19H2,1H3,(H,25,28)/i2D2,3D2,4D2,8D2,9D2,10D,11D,18D,19D2,21D/hD2. The van der Waals surface area contributed by atoms with Crippen LogP contribution in [0.3, 0.4) is 0 Å². The predicted octanol–water partition coefficient (Wildman–Crippen LogP) is 3.05. The number of rotatable bonds is 10. The lowest BCUT2D eigenvalue weighted by Crippen LogP contribution is -2.46. The molecule has 1 saturated carbocycles. The van der Waals surface area contributed by atoms with Crippen molar-refractivity contribution in [3.63, 3.8) is 0 Å². The fourth-order valence-corrected chi connectivity index (χ4v) is 3.83. The summed E-state index contributed by atoms with van der Waals surface area (Å²) in [4.78, 5) is 15.3. The number of amides is 1. The van der Waals surface area contributed by atoms with E-state index in [1.165, 1.54) is 0 Å². The largest absolute Gasteiger partial charge is 0.369 e. The monoisotopic (exact) mass is 468 g/mol. The number of piperazine rings is 1. The van der Waals surface area contributed by atoms with E-state index in [1.807, 2.05) is 4.90 Å². The minimum atomic E-state index is -5.84. The molecule has 1 aliphatic heterocycles. The van der Waals surface area contributed by atoms with E-state index in [9.17, 15) is 13.2 Å². The number of hydrogen-bond donors (Lipinski definition) is 2. The van der Waals surface area contributed by atoms with Crippen molar-refractivity contribution >= 4 is 27.3 Å². The van der Waals surface area contributed by atoms with Gasteiger partial charge < -0.3 is 10.2 Å². The van der Waals surface area contributed by atoms with E-state index < -0.39 is 65.9 Å². The second kappa shape index (κ2) is 11.8.